The maximum atomic E-state index is 10.4. The van der Waals surface area contributed by atoms with Crippen molar-refractivity contribution in [1.82, 2.24) is 0 Å². The Kier molecular flexibility index (Phi) is 5.31. The van der Waals surface area contributed by atoms with Gasteiger partial charge in [-0.1, -0.05) is 30.3 Å². The Morgan fingerprint density at radius 2 is 1.64 bits per heavy atom. The number of hydrogen-bond donors (Lipinski definition) is 1. The van der Waals surface area contributed by atoms with Crippen molar-refractivity contribution in [3.8, 4) is 0 Å². The van der Waals surface area contributed by atoms with Gasteiger partial charge in [-0.15, -0.1) is 0 Å². The minimum Gasteiger partial charge on any atom is -0.373 e. The van der Waals surface area contributed by atoms with Gasteiger partial charge in [0.15, 0.2) is 0 Å². The molecule has 0 radical (unpaired) electrons. The van der Waals surface area contributed by atoms with Crippen molar-refractivity contribution >= 4 is 10.1 Å². The van der Waals surface area contributed by atoms with Crippen molar-refractivity contribution < 1.29 is 13.0 Å². The van der Waals surface area contributed by atoms with Gasteiger partial charge in [-0.25, -0.2) is 0 Å². The van der Waals surface area contributed by atoms with Crippen LogP contribution in [0.2, 0.25) is 0 Å². The monoisotopic (exact) mass is 214 g/mol. The minimum atomic E-state index is -3.88. The Labute approximate surface area is 81.4 Å². The molecule has 0 saturated carbocycles. The maximum absolute atomic E-state index is 10.4. The van der Waals surface area contributed by atoms with E-state index < -0.39 is 10.1 Å². The molecule has 1 N–H and O–H groups in total. The van der Waals surface area contributed by atoms with E-state index >= 15 is 0 Å². The fourth-order valence-corrected chi connectivity index (χ4v) is 1.40. The molecule has 6 nitrogen and oxygen atoms in total. The van der Waals surface area contributed by atoms with Gasteiger partial charge in [-0.05, 0) is 5.56 Å². The number of hydrogen-bond acceptors (Lipinski definition) is 2. The van der Waals surface area contributed by atoms with Crippen LogP contribution in [0.25, 0.3) is 16.0 Å². The van der Waals surface area contributed by atoms with Gasteiger partial charge in [0, 0.05) is 0 Å². The number of rotatable bonds is 2. The molecule has 0 fully saturated rings. The van der Waals surface area contributed by atoms with Crippen molar-refractivity contribution in [3.05, 3.63) is 51.9 Å². The van der Waals surface area contributed by atoms with Gasteiger partial charge < -0.3 is 11.1 Å². The largest absolute Gasteiger partial charge is 0.373 e. The Morgan fingerprint density at radius 1 is 1.21 bits per heavy atom. The average Bonchev–Trinajstić information content (AvgIpc) is 2.04. The lowest BCUT2D eigenvalue weighted by molar-refractivity contribution is 0.482. The third-order valence-electron chi connectivity index (χ3n) is 1.19. The number of benzene rings is 1. The van der Waals surface area contributed by atoms with Crippen molar-refractivity contribution in [1.29, 1.82) is 0 Å². The maximum Gasteiger partial charge on any atom is 0.269 e. The smallest absolute Gasteiger partial charge is 0.269 e. The predicted octanol–water partition coefficient (Wildman–Crippen LogP) is 1.94. The van der Waals surface area contributed by atoms with Crippen molar-refractivity contribution in [2.24, 2.45) is 0 Å². The van der Waals surface area contributed by atoms with Crippen LogP contribution in [0.15, 0.2) is 30.3 Å². The summed E-state index contributed by atoms with van der Waals surface area (Å²) in [7, 11) is -3.88. The van der Waals surface area contributed by atoms with E-state index in [0.717, 1.165) is 0 Å². The highest BCUT2D eigenvalue weighted by atomic mass is 32.2. The summed E-state index contributed by atoms with van der Waals surface area (Å²) in [5.74, 6) is -0.312. The molecule has 0 saturated heterocycles. The Balaban J connectivity index is 0.000000500. The van der Waals surface area contributed by atoms with E-state index in [2.05, 4.69) is 0 Å². The van der Waals surface area contributed by atoms with E-state index in [-0.39, 0.29) is 5.75 Å². The van der Waals surface area contributed by atoms with E-state index in [1.54, 1.807) is 30.3 Å². The molecule has 0 aliphatic carbocycles. The van der Waals surface area contributed by atoms with Crippen LogP contribution in [0, 0.1) is 0 Å². The molecule has 0 amide bonds. The molecule has 76 valence electrons. The summed E-state index contributed by atoms with van der Waals surface area (Å²) < 4.78 is 29.2. The molecule has 0 heterocycles. The van der Waals surface area contributed by atoms with Crippen molar-refractivity contribution in [2.75, 3.05) is 0 Å². The third-order valence-corrected chi connectivity index (χ3v) is 1.89. The Bertz CT molecular complexity index is 395. The van der Waals surface area contributed by atoms with Crippen LogP contribution in [0.3, 0.4) is 0 Å². The summed E-state index contributed by atoms with van der Waals surface area (Å²) in [6.07, 6.45) is 0. The first-order valence-electron chi connectivity index (χ1n) is 3.47. The fraction of sp³-hybridized carbons (Fsp3) is 0.143. The molecule has 0 aliphatic rings. The lowest BCUT2D eigenvalue weighted by Crippen LogP contribution is -2.00. The van der Waals surface area contributed by atoms with E-state index in [0.29, 0.717) is 5.56 Å². The highest BCUT2D eigenvalue weighted by Crippen LogP contribution is 2.02. The summed E-state index contributed by atoms with van der Waals surface area (Å²) >= 11 is 0. The van der Waals surface area contributed by atoms with Crippen LogP contribution < -0.4 is 0 Å². The van der Waals surface area contributed by atoms with E-state index in [1.807, 2.05) is 0 Å². The van der Waals surface area contributed by atoms with Crippen LogP contribution in [-0.2, 0) is 15.9 Å². The average molecular weight is 214 g/mol. The third kappa shape index (κ3) is 7.11. The zero-order chi connectivity index (χ0) is 11.0. The molecule has 0 aliphatic heterocycles. The molecule has 1 aromatic rings. The van der Waals surface area contributed by atoms with Crippen LogP contribution in [-0.4, -0.2) is 13.0 Å². The molecular formula is C7H8N3O3S-. The summed E-state index contributed by atoms with van der Waals surface area (Å²) in [6, 6.07) is 8.52. The first-order chi connectivity index (χ1) is 6.49. The molecule has 1 rings (SSSR count). The van der Waals surface area contributed by atoms with Gasteiger partial charge in [0.05, 0.1) is 0 Å². The summed E-state index contributed by atoms with van der Waals surface area (Å²) in [6.45, 7) is 0. The Hall–Kier alpha value is -1.56. The molecule has 14 heavy (non-hydrogen) atoms. The first kappa shape index (κ1) is 12.4. The van der Waals surface area contributed by atoms with Gasteiger partial charge >= 0.3 is 0 Å². The molecule has 7 heteroatoms. The van der Waals surface area contributed by atoms with Crippen LogP contribution >= 0.6 is 0 Å². The van der Waals surface area contributed by atoms with E-state index in [9.17, 15) is 8.42 Å². The second-order valence-electron chi connectivity index (χ2n) is 2.30. The minimum absolute atomic E-state index is 0.312. The molecule has 0 bridgehead atoms. The van der Waals surface area contributed by atoms with Crippen molar-refractivity contribution in [3.63, 3.8) is 0 Å². The summed E-state index contributed by atoms with van der Waals surface area (Å²) in [5.41, 5.74) is 14.1. The normalized spacial score (nSPS) is 9.50. The SMILES string of the molecule is O=S(=O)(O)Cc1ccccc1.[N-]=[N+]=[N-]. The Morgan fingerprint density at radius 3 is 2.00 bits per heavy atom. The molecule has 0 atom stereocenters. The van der Waals surface area contributed by atoms with Gasteiger partial charge in [0.25, 0.3) is 10.1 Å². The fourth-order valence-electron chi connectivity index (χ4n) is 0.785. The number of nitrogens with zero attached hydrogens (tertiary/aromatic N) is 3. The van der Waals surface area contributed by atoms with E-state index in [4.69, 9.17) is 15.6 Å². The highest BCUT2D eigenvalue weighted by molar-refractivity contribution is 7.85. The van der Waals surface area contributed by atoms with Gasteiger partial charge in [-0.3, -0.25) is 9.46 Å². The van der Waals surface area contributed by atoms with Crippen LogP contribution in [0.1, 0.15) is 5.56 Å². The summed E-state index contributed by atoms with van der Waals surface area (Å²) in [5, 5.41) is 0. The van der Waals surface area contributed by atoms with Gasteiger partial charge in [0.1, 0.15) is 5.75 Å². The second kappa shape index (κ2) is 5.98. The molecular weight excluding hydrogens is 206 g/mol. The second-order valence-corrected chi connectivity index (χ2v) is 3.75. The topological polar surface area (TPSA) is 113 Å². The zero-order valence-corrected chi connectivity index (χ0v) is 7.92. The van der Waals surface area contributed by atoms with E-state index in [1.165, 1.54) is 4.91 Å². The van der Waals surface area contributed by atoms with Gasteiger partial charge in [-0.2, -0.15) is 8.42 Å². The molecule has 1 aromatic carbocycles. The standard InChI is InChI=1S/C7H8O3S.N3/c8-11(9,10)6-7-4-2-1-3-5-7;1-3-2/h1-5H,6H2,(H,8,9,10);/q;-1. The molecule has 0 spiro atoms. The van der Waals surface area contributed by atoms with Crippen LogP contribution in [0.4, 0.5) is 0 Å². The van der Waals surface area contributed by atoms with Gasteiger partial charge in [0.2, 0.25) is 0 Å². The molecule has 0 unspecified atom stereocenters. The quantitative estimate of drug-likeness (QED) is 0.351. The summed E-state index contributed by atoms with van der Waals surface area (Å²) in [4.78, 5) is 1.50. The van der Waals surface area contributed by atoms with Crippen LogP contribution in [0.5, 0.6) is 0 Å². The first-order valence-corrected chi connectivity index (χ1v) is 5.08. The lowest BCUT2D eigenvalue weighted by Gasteiger charge is -1.95. The predicted molar refractivity (Wildman–Crippen MR) is 51.8 cm³/mol. The zero-order valence-electron chi connectivity index (χ0n) is 7.11. The van der Waals surface area contributed by atoms with Crippen molar-refractivity contribution in [2.45, 2.75) is 5.75 Å². The highest BCUT2D eigenvalue weighted by Gasteiger charge is 2.04. The molecule has 0 aromatic heterocycles. The lowest BCUT2D eigenvalue weighted by atomic mass is 10.2.